The number of rotatable bonds is 7. The monoisotopic (exact) mass is 437 g/mol. The van der Waals surface area contributed by atoms with Crippen LogP contribution in [-0.4, -0.2) is 32.3 Å². The van der Waals surface area contributed by atoms with Crippen LogP contribution in [0.1, 0.15) is 35.2 Å². The van der Waals surface area contributed by atoms with Crippen LogP contribution in [-0.2, 0) is 13.0 Å². The number of fused-ring (bicyclic) bond motifs is 1. The lowest BCUT2D eigenvalue weighted by atomic mass is 9.87. The van der Waals surface area contributed by atoms with Gasteiger partial charge in [-0.05, 0) is 60.4 Å². The van der Waals surface area contributed by atoms with Crippen molar-refractivity contribution in [3.8, 4) is 17.2 Å². The lowest BCUT2D eigenvalue weighted by molar-refractivity contribution is 0.200. The Morgan fingerprint density at radius 1 is 0.935 bits per heavy atom. The van der Waals surface area contributed by atoms with E-state index in [1.54, 1.807) is 14.2 Å². The Kier molecular flexibility index (Phi) is 6.69. The number of ether oxygens (including phenoxy) is 3. The molecule has 1 atom stereocenters. The molecule has 0 fully saturated rings. The molecule has 0 radical (unpaired) electrons. The van der Waals surface area contributed by atoms with Crippen LogP contribution < -0.4 is 14.2 Å². The second-order valence-electron chi connectivity index (χ2n) is 7.62. The van der Waals surface area contributed by atoms with Crippen LogP contribution >= 0.6 is 11.6 Å². The maximum absolute atomic E-state index is 6.39. The average Bonchev–Trinajstić information content (AvgIpc) is 2.79. The topological polar surface area (TPSA) is 30.9 Å². The van der Waals surface area contributed by atoms with E-state index in [0.717, 1.165) is 47.3 Å². The smallest absolute Gasteiger partial charge is 0.161 e. The predicted molar refractivity (Wildman–Crippen MR) is 125 cm³/mol. The molecule has 1 heterocycles. The maximum Gasteiger partial charge on any atom is 0.161 e. The van der Waals surface area contributed by atoms with Gasteiger partial charge in [0.1, 0.15) is 5.75 Å². The summed E-state index contributed by atoms with van der Waals surface area (Å²) in [6.07, 6.45) is 0.934. The fraction of sp³-hybridized carbons (Fsp3) is 0.308. The number of nitrogens with zero attached hydrogens (tertiary/aromatic N) is 1. The lowest BCUT2D eigenvalue weighted by Crippen LogP contribution is -2.36. The van der Waals surface area contributed by atoms with E-state index in [-0.39, 0.29) is 6.04 Å². The summed E-state index contributed by atoms with van der Waals surface area (Å²) in [6.45, 7) is 4.36. The van der Waals surface area contributed by atoms with E-state index in [1.165, 1.54) is 16.7 Å². The van der Waals surface area contributed by atoms with Gasteiger partial charge in [0, 0.05) is 23.7 Å². The van der Waals surface area contributed by atoms with Gasteiger partial charge in [0.2, 0.25) is 0 Å². The highest BCUT2D eigenvalue weighted by Gasteiger charge is 2.31. The first-order valence-electron chi connectivity index (χ1n) is 10.6. The van der Waals surface area contributed by atoms with Crippen LogP contribution in [0.25, 0.3) is 0 Å². The van der Waals surface area contributed by atoms with Crippen LogP contribution in [0, 0.1) is 0 Å². The zero-order valence-electron chi connectivity index (χ0n) is 18.2. The van der Waals surface area contributed by atoms with Gasteiger partial charge in [-0.2, -0.15) is 0 Å². The summed E-state index contributed by atoms with van der Waals surface area (Å²) in [5.74, 6) is 2.44. The molecule has 0 unspecified atom stereocenters. The second-order valence-corrected chi connectivity index (χ2v) is 8.06. The highest BCUT2D eigenvalue weighted by atomic mass is 35.5. The molecule has 0 saturated carbocycles. The normalized spacial score (nSPS) is 15.9. The average molecular weight is 438 g/mol. The van der Waals surface area contributed by atoms with Crippen molar-refractivity contribution in [1.29, 1.82) is 0 Å². The van der Waals surface area contributed by atoms with Crippen molar-refractivity contribution >= 4 is 11.6 Å². The third-order valence-corrected chi connectivity index (χ3v) is 6.02. The fourth-order valence-corrected chi connectivity index (χ4v) is 4.58. The zero-order valence-corrected chi connectivity index (χ0v) is 19.0. The highest BCUT2D eigenvalue weighted by molar-refractivity contribution is 6.30. The molecule has 1 aliphatic rings. The van der Waals surface area contributed by atoms with E-state index in [9.17, 15) is 0 Å². The Morgan fingerprint density at radius 2 is 1.71 bits per heavy atom. The van der Waals surface area contributed by atoms with Crippen LogP contribution in [0.4, 0.5) is 0 Å². The Balaban J connectivity index is 1.79. The van der Waals surface area contributed by atoms with Crippen LogP contribution in [0.15, 0.2) is 60.7 Å². The zero-order chi connectivity index (χ0) is 21.8. The number of benzene rings is 3. The van der Waals surface area contributed by atoms with Gasteiger partial charge in [-0.25, -0.2) is 0 Å². The van der Waals surface area contributed by atoms with Gasteiger partial charge in [0.25, 0.3) is 0 Å². The molecular formula is C26H28ClNO3. The first kappa shape index (κ1) is 21.5. The van der Waals surface area contributed by atoms with E-state index < -0.39 is 0 Å². The third kappa shape index (κ3) is 4.51. The van der Waals surface area contributed by atoms with Crippen molar-refractivity contribution in [2.75, 3.05) is 27.4 Å². The summed E-state index contributed by atoms with van der Waals surface area (Å²) in [7, 11) is 3.36. The second kappa shape index (κ2) is 9.63. The van der Waals surface area contributed by atoms with Gasteiger partial charge in [-0.15, -0.1) is 0 Å². The predicted octanol–water partition coefficient (Wildman–Crippen LogP) is 5.90. The van der Waals surface area contributed by atoms with E-state index in [0.29, 0.717) is 6.61 Å². The molecule has 0 aromatic heterocycles. The minimum absolute atomic E-state index is 0.0527. The molecule has 0 aliphatic carbocycles. The molecular weight excluding hydrogens is 410 g/mol. The van der Waals surface area contributed by atoms with Crippen LogP contribution in [0.5, 0.6) is 17.2 Å². The van der Waals surface area contributed by atoms with Crippen LogP contribution in [0.3, 0.4) is 0 Å². The Morgan fingerprint density at radius 3 is 2.45 bits per heavy atom. The first-order valence-corrected chi connectivity index (χ1v) is 11.0. The molecule has 0 amide bonds. The molecule has 5 heteroatoms. The third-order valence-electron chi connectivity index (χ3n) is 5.78. The Bertz CT molecular complexity index is 1050. The largest absolute Gasteiger partial charge is 0.494 e. The quantitative estimate of drug-likeness (QED) is 0.460. The Hall–Kier alpha value is -2.69. The van der Waals surface area contributed by atoms with Crippen molar-refractivity contribution in [3.63, 3.8) is 0 Å². The van der Waals surface area contributed by atoms with Crippen molar-refractivity contribution < 1.29 is 14.2 Å². The van der Waals surface area contributed by atoms with Crippen LogP contribution in [0.2, 0.25) is 5.02 Å². The first-order chi connectivity index (χ1) is 15.1. The van der Waals surface area contributed by atoms with Crippen molar-refractivity contribution in [2.45, 2.75) is 25.9 Å². The van der Waals surface area contributed by atoms with Gasteiger partial charge in [-0.1, -0.05) is 41.9 Å². The molecule has 0 bridgehead atoms. The van der Waals surface area contributed by atoms with Gasteiger partial charge >= 0.3 is 0 Å². The summed E-state index contributed by atoms with van der Waals surface area (Å²) < 4.78 is 17.1. The van der Waals surface area contributed by atoms with Gasteiger partial charge in [0.05, 0.1) is 26.9 Å². The van der Waals surface area contributed by atoms with Crippen molar-refractivity contribution in [2.24, 2.45) is 0 Å². The van der Waals surface area contributed by atoms with E-state index in [4.69, 9.17) is 25.8 Å². The number of methoxy groups -OCH3 is 2. The van der Waals surface area contributed by atoms with E-state index in [2.05, 4.69) is 41.3 Å². The molecule has 162 valence electrons. The van der Waals surface area contributed by atoms with E-state index >= 15 is 0 Å². The number of halogens is 1. The van der Waals surface area contributed by atoms with Gasteiger partial charge in [-0.3, -0.25) is 4.90 Å². The van der Waals surface area contributed by atoms with Gasteiger partial charge < -0.3 is 14.2 Å². The SMILES string of the molecule is CCOc1ccccc1CN1CCc2cc(OC)c(OC)cc2[C@@H]1c1cccc(Cl)c1. The molecule has 0 spiro atoms. The molecule has 3 aromatic carbocycles. The minimum atomic E-state index is 0.0527. The molecule has 0 saturated heterocycles. The summed E-state index contributed by atoms with van der Waals surface area (Å²) in [4.78, 5) is 2.48. The molecule has 4 nitrogen and oxygen atoms in total. The number of hydrogen-bond acceptors (Lipinski definition) is 4. The minimum Gasteiger partial charge on any atom is -0.494 e. The fourth-order valence-electron chi connectivity index (χ4n) is 4.38. The summed E-state index contributed by atoms with van der Waals surface area (Å²) in [5, 5.41) is 0.736. The molecule has 31 heavy (non-hydrogen) atoms. The van der Waals surface area contributed by atoms with Gasteiger partial charge in [0.15, 0.2) is 11.5 Å². The molecule has 3 aromatic rings. The maximum atomic E-state index is 6.39. The summed E-state index contributed by atoms with van der Waals surface area (Å²) in [5.41, 5.74) is 4.84. The van der Waals surface area contributed by atoms with Crippen molar-refractivity contribution in [1.82, 2.24) is 4.90 Å². The highest BCUT2D eigenvalue weighted by Crippen LogP contribution is 2.42. The molecule has 4 rings (SSSR count). The molecule has 0 N–H and O–H groups in total. The summed E-state index contributed by atoms with van der Waals surface area (Å²) in [6, 6.07) is 20.7. The van der Waals surface area contributed by atoms with E-state index in [1.807, 2.05) is 31.2 Å². The Labute approximate surface area is 189 Å². The summed E-state index contributed by atoms with van der Waals surface area (Å²) >= 11 is 6.39. The number of hydrogen-bond donors (Lipinski definition) is 0. The number of para-hydroxylation sites is 1. The molecule has 1 aliphatic heterocycles. The van der Waals surface area contributed by atoms with Crippen molar-refractivity contribution in [3.05, 3.63) is 87.9 Å². The standard InChI is InChI=1S/C26H28ClNO3/c1-4-31-23-11-6-5-8-20(23)17-28-13-12-18-15-24(29-2)25(30-3)16-22(18)26(28)19-9-7-10-21(27)14-19/h5-11,14-16,26H,4,12-13,17H2,1-3H3/t26-/m0/s1. The lowest BCUT2D eigenvalue weighted by Gasteiger charge is -2.38.